The van der Waals surface area contributed by atoms with Crippen LogP contribution in [0.4, 0.5) is 0 Å². The van der Waals surface area contributed by atoms with Crippen LogP contribution in [0.1, 0.15) is 29.3 Å². The molecule has 0 saturated carbocycles. The molecule has 13 heavy (non-hydrogen) atoms. The van der Waals surface area contributed by atoms with E-state index in [-0.39, 0.29) is 5.78 Å². The fourth-order valence-electron chi connectivity index (χ4n) is 1.34. The first-order valence-electron chi connectivity index (χ1n) is 4.45. The number of hydrogen-bond donors (Lipinski definition) is 0. The Kier molecular flexibility index (Phi) is 3.44. The maximum Gasteiger partial charge on any atom is 0.160 e. The zero-order valence-electron chi connectivity index (χ0n) is 7.92. The Balaban J connectivity index is 2.90. The second-order valence-electron chi connectivity index (χ2n) is 3.04. The normalized spacial score (nSPS) is 9.62. The van der Waals surface area contributed by atoms with Crippen LogP contribution < -0.4 is 0 Å². The summed E-state index contributed by atoms with van der Waals surface area (Å²) in [6.45, 7) is 5.27. The van der Waals surface area contributed by atoms with Crippen LogP contribution in [0, 0.1) is 0 Å². The first-order valence-corrected chi connectivity index (χ1v) is 4.45. The molecule has 1 aromatic carbocycles. The molecule has 0 aliphatic rings. The minimum absolute atomic E-state index is 0.139. The standard InChI is InChI=1S/C12H14O/c1-3-4-7-11-8-5-6-9-12(11)10(2)13/h3,5-6,8-9H,1,4,7H2,2H3. The van der Waals surface area contributed by atoms with E-state index in [1.165, 1.54) is 0 Å². The van der Waals surface area contributed by atoms with Gasteiger partial charge in [0.2, 0.25) is 0 Å². The second-order valence-corrected chi connectivity index (χ2v) is 3.04. The highest BCUT2D eigenvalue weighted by molar-refractivity contribution is 5.95. The van der Waals surface area contributed by atoms with Gasteiger partial charge in [-0.05, 0) is 25.3 Å². The molecule has 68 valence electrons. The van der Waals surface area contributed by atoms with E-state index in [9.17, 15) is 4.79 Å². The van der Waals surface area contributed by atoms with Gasteiger partial charge in [0.1, 0.15) is 0 Å². The zero-order valence-corrected chi connectivity index (χ0v) is 7.92. The van der Waals surface area contributed by atoms with Gasteiger partial charge in [0.15, 0.2) is 5.78 Å². The quantitative estimate of drug-likeness (QED) is 0.506. The monoisotopic (exact) mass is 174 g/mol. The first-order chi connectivity index (χ1) is 6.25. The summed E-state index contributed by atoms with van der Waals surface area (Å²) < 4.78 is 0. The average Bonchev–Trinajstić information content (AvgIpc) is 2.15. The van der Waals surface area contributed by atoms with Gasteiger partial charge >= 0.3 is 0 Å². The SMILES string of the molecule is C=CCCc1ccccc1C(C)=O. The molecule has 1 aromatic rings. The van der Waals surface area contributed by atoms with Crippen molar-refractivity contribution in [3.8, 4) is 0 Å². The van der Waals surface area contributed by atoms with Crippen molar-refractivity contribution in [2.45, 2.75) is 19.8 Å². The molecule has 0 N–H and O–H groups in total. The summed E-state index contributed by atoms with van der Waals surface area (Å²) in [7, 11) is 0. The summed E-state index contributed by atoms with van der Waals surface area (Å²) in [4.78, 5) is 11.2. The Hall–Kier alpha value is -1.37. The minimum atomic E-state index is 0.139. The first kappa shape index (κ1) is 9.72. The van der Waals surface area contributed by atoms with Crippen LogP contribution in [-0.2, 0) is 6.42 Å². The molecule has 0 heterocycles. The van der Waals surface area contributed by atoms with Crippen molar-refractivity contribution < 1.29 is 4.79 Å². The van der Waals surface area contributed by atoms with Crippen molar-refractivity contribution in [2.75, 3.05) is 0 Å². The smallest absolute Gasteiger partial charge is 0.160 e. The third-order valence-electron chi connectivity index (χ3n) is 2.01. The summed E-state index contributed by atoms with van der Waals surface area (Å²) in [6.07, 6.45) is 3.69. The van der Waals surface area contributed by atoms with E-state index >= 15 is 0 Å². The van der Waals surface area contributed by atoms with Crippen LogP contribution in [0.2, 0.25) is 0 Å². The second kappa shape index (κ2) is 4.61. The van der Waals surface area contributed by atoms with Gasteiger partial charge in [-0.1, -0.05) is 30.3 Å². The van der Waals surface area contributed by atoms with Crippen LogP contribution in [-0.4, -0.2) is 5.78 Å². The van der Waals surface area contributed by atoms with E-state index in [0.29, 0.717) is 0 Å². The van der Waals surface area contributed by atoms with Gasteiger partial charge in [0.25, 0.3) is 0 Å². The largest absolute Gasteiger partial charge is 0.295 e. The predicted molar refractivity (Wildman–Crippen MR) is 55.0 cm³/mol. The average molecular weight is 174 g/mol. The number of rotatable bonds is 4. The molecule has 1 heteroatoms. The molecule has 0 aromatic heterocycles. The Labute approximate surface area is 79.1 Å². The van der Waals surface area contributed by atoms with E-state index < -0.39 is 0 Å². The molecular weight excluding hydrogens is 160 g/mol. The van der Waals surface area contributed by atoms with Crippen LogP contribution >= 0.6 is 0 Å². The highest BCUT2D eigenvalue weighted by atomic mass is 16.1. The number of hydrogen-bond acceptors (Lipinski definition) is 1. The van der Waals surface area contributed by atoms with Crippen molar-refractivity contribution in [3.63, 3.8) is 0 Å². The Morgan fingerprint density at radius 3 is 2.77 bits per heavy atom. The van der Waals surface area contributed by atoms with Crippen LogP contribution in [0.5, 0.6) is 0 Å². The minimum Gasteiger partial charge on any atom is -0.295 e. The van der Waals surface area contributed by atoms with Crippen molar-refractivity contribution in [1.29, 1.82) is 0 Å². The summed E-state index contributed by atoms with van der Waals surface area (Å²) in [5, 5.41) is 0. The van der Waals surface area contributed by atoms with E-state index in [1.807, 2.05) is 30.3 Å². The third-order valence-corrected chi connectivity index (χ3v) is 2.01. The number of carbonyl (C=O) groups is 1. The molecule has 1 nitrogen and oxygen atoms in total. The lowest BCUT2D eigenvalue weighted by Crippen LogP contribution is -1.98. The molecule has 0 aliphatic carbocycles. The Morgan fingerprint density at radius 2 is 2.15 bits per heavy atom. The van der Waals surface area contributed by atoms with Gasteiger partial charge in [0, 0.05) is 5.56 Å². The van der Waals surface area contributed by atoms with Gasteiger partial charge in [0.05, 0.1) is 0 Å². The lowest BCUT2D eigenvalue weighted by atomic mass is 10.0. The molecule has 0 bridgehead atoms. The van der Waals surface area contributed by atoms with Crippen LogP contribution in [0.25, 0.3) is 0 Å². The van der Waals surface area contributed by atoms with Gasteiger partial charge in [-0.25, -0.2) is 0 Å². The van der Waals surface area contributed by atoms with E-state index in [0.717, 1.165) is 24.0 Å². The molecule has 0 spiro atoms. The van der Waals surface area contributed by atoms with Gasteiger partial charge in [-0.15, -0.1) is 6.58 Å². The third kappa shape index (κ3) is 2.55. The molecular formula is C12H14O. The highest BCUT2D eigenvalue weighted by Crippen LogP contribution is 2.11. The topological polar surface area (TPSA) is 17.1 Å². The highest BCUT2D eigenvalue weighted by Gasteiger charge is 2.04. The van der Waals surface area contributed by atoms with Gasteiger partial charge in [-0.2, -0.15) is 0 Å². The molecule has 0 atom stereocenters. The molecule has 0 amide bonds. The van der Waals surface area contributed by atoms with Crippen molar-refractivity contribution in [3.05, 3.63) is 48.0 Å². The maximum absolute atomic E-state index is 11.2. The van der Waals surface area contributed by atoms with Crippen molar-refractivity contribution >= 4 is 5.78 Å². The van der Waals surface area contributed by atoms with Crippen LogP contribution in [0.15, 0.2) is 36.9 Å². The Morgan fingerprint density at radius 1 is 1.46 bits per heavy atom. The lowest BCUT2D eigenvalue weighted by Gasteiger charge is -2.04. The summed E-state index contributed by atoms with van der Waals surface area (Å²) in [5.74, 6) is 0.139. The summed E-state index contributed by atoms with van der Waals surface area (Å²) in [6, 6.07) is 7.74. The van der Waals surface area contributed by atoms with Crippen LogP contribution in [0.3, 0.4) is 0 Å². The summed E-state index contributed by atoms with van der Waals surface area (Å²) in [5.41, 5.74) is 1.96. The number of allylic oxidation sites excluding steroid dienone is 1. The van der Waals surface area contributed by atoms with E-state index in [4.69, 9.17) is 0 Å². The Bertz CT molecular complexity index is 313. The number of aryl methyl sites for hydroxylation is 1. The van der Waals surface area contributed by atoms with Crippen molar-refractivity contribution in [2.24, 2.45) is 0 Å². The number of benzene rings is 1. The van der Waals surface area contributed by atoms with Crippen molar-refractivity contribution in [1.82, 2.24) is 0 Å². The molecule has 1 rings (SSSR count). The fraction of sp³-hybridized carbons (Fsp3) is 0.250. The van der Waals surface area contributed by atoms with Gasteiger partial charge in [-0.3, -0.25) is 4.79 Å². The molecule has 0 radical (unpaired) electrons. The number of Topliss-reactive ketones (excluding diaryl/α,β-unsaturated/α-hetero) is 1. The maximum atomic E-state index is 11.2. The number of carbonyl (C=O) groups excluding carboxylic acids is 1. The molecule has 0 aliphatic heterocycles. The lowest BCUT2D eigenvalue weighted by molar-refractivity contribution is 0.101. The molecule has 0 saturated heterocycles. The summed E-state index contributed by atoms with van der Waals surface area (Å²) >= 11 is 0. The predicted octanol–water partition coefficient (Wildman–Crippen LogP) is 3.01. The molecule has 0 unspecified atom stereocenters. The zero-order chi connectivity index (χ0) is 9.68. The van der Waals surface area contributed by atoms with E-state index in [1.54, 1.807) is 6.92 Å². The fourth-order valence-corrected chi connectivity index (χ4v) is 1.34. The van der Waals surface area contributed by atoms with E-state index in [2.05, 4.69) is 6.58 Å². The number of ketones is 1. The molecule has 0 fully saturated rings. The van der Waals surface area contributed by atoms with Gasteiger partial charge < -0.3 is 0 Å².